The summed E-state index contributed by atoms with van der Waals surface area (Å²) in [6.07, 6.45) is 0.737. The number of hydrogen-bond donors (Lipinski definition) is 2. The molecule has 4 nitrogen and oxygen atoms in total. The van der Waals surface area contributed by atoms with Gasteiger partial charge in [-0.1, -0.05) is 13.8 Å². The highest BCUT2D eigenvalue weighted by atomic mass is 35.5. The summed E-state index contributed by atoms with van der Waals surface area (Å²) in [6, 6.07) is -0.262. The Labute approximate surface area is 86.7 Å². The first-order chi connectivity index (χ1) is 5.37. The first-order valence-electron chi connectivity index (χ1n) is 4.04. The number of rotatable bonds is 5. The largest absolute Gasteiger partial charge is 0.327 e. The minimum absolute atomic E-state index is 0. The second kappa shape index (κ2) is 6.59. The van der Waals surface area contributed by atoms with Gasteiger partial charge in [0.1, 0.15) is 0 Å². The van der Waals surface area contributed by atoms with Crippen LogP contribution in [0.2, 0.25) is 0 Å². The van der Waals surface area contributed by atoms with Gasteiger partial charge < -0.3 is 5.73 Å². The molecule has 82 valence electrons. The van der Waals surface area contributed by atoms with Crippen LogP contribution in [0, 0.1) is 5.92 Å². The normalized spacial score (nSPS) is 13.9. The highest BCUT2D eigenvalue weighted by molar-refractivity contribution is 7.89. The van der Waals surface area contributed by atoms with Crippen molar-refractivity contribution in [3.63, 3.8) is 0 Å². The quantitative estimate of drug-likeness (QED) is 0.715. The van der Waals surface area contributed by atoms with Gasteiger partial charge in [-0.2, -0.15) is 0 Å². The number of nitrogens with two attached hydrogens (primary N) is 1. The summed E-state index contributed by atoms with van der Waals surface area (Å²) in [5.74, 6) is 0.453. The van der Waals surface area contributed by atoms with Crippen LogP contribution in [0.15, 0.2) is 0 Å². The number of halogens is 1. The van der Waals surface area contributed by atoms with E-state index in [0.717, 1.165) is 6.42 Å². The minimum Gasteiger partial charge on any atom is -0.327 e. The van der Waals surface area contributed by atoms with E-state index in [4.69, 9.17) is 5.73 Å². The zero-order valence-electron chi connectivity index (χ0n) is 8.28. The highest BCUT2D eigenvalue weighted by Gasteiger charge is 2.14. The molecule has 0 radical (unpaired) electrons. The molecule has 0 spiro atoms. The van der Waals surface area contributed by atoms with E-state index < -0.39 is 10.0 Å². The van der Waals surface area contributed by atoms with Crippen LogP contribution in [0.1, 0.15) is 20.3 Å². The Balaban J connectivity index is 0. The van der Waals surface area contributed by atoms with Gasteiger partial charge in [0.05, 0.1) is 5.75 Å². The zero-order chi connectivity index (χ0) is 9.78. The smallest absolute Gasteiger partial charge is 0.212 e. The van der Waals surface area contributed by atoms with Crippen molar-refractivity contribution in [3.8, 4) is 0 Å². The van der Waals surface area contributed by atoms with Crippen LogP contribution < -0.4 is 10.5 Å². The summed E-state index contributed by atoms with van der Waals surface area (Å²) in [4.78, 5) is 0. The fourth-order valence-electron chi connectivity index (χ4n) is 1.04. The molecule has 0 aromatic carbocycles. The Morgan fingerprint density at radius 2 is 1.85 bits per heavy atom. The van der Waals surface area contributed by atoms with Gasteiger partial charge in [0.2, 0.25) is 10.0 Å². The van der Waals surface area contributed by atoms with Crippen molar-refractivity contribution in [2.75, 3.05) is 12.8 Å². The second-order valence-electron chi connectivity index (χ2n) is 3.38. The van der Waals surface area contributed by atoms with Crippen LogP contribution in [-0.2, 0) is 10.0 Å². The lowest BCUT2D eigenvalue weighted by Crippen LogP contribution is -2.35. The summed E-state index contributed by atoms with van der Waals surface area (Å²) in [5, 5.41) is 0. The SMILES string of the molecule is CNS(=O)(=O)C[C@@H](N)CC(C)C.Cl. The van der Waals surface area contributed by atoms with E-state index >= 15 is 0 Å². The van der Waals surface area contributed by atoms with Crippen molar-refractivity contribution < 1.29 is 8.42 Å². The molecular formula is C7H19ClN2O2S. The predicted octanol–water partition coefficient (Wildman–Crippen LogP) is 0.331. The van der Waals surface area contributed by atoms with E-state index in [2.05, 4.69) is 4.72 Å². The van der Waals surface area contributed by atoms with Crippen molar-refractivity contribution in [1.29, 1.82) is 0 Å². The highest BCUT2D eigenvalue weighted by Crippen LogP contribution is 2.03. The molecule has 0 aliphatic heterocycles. The summed E-state index contributed by atoms with van der Waals surface area (Å²) >= 11 is 0. The number of sulfonamides is 1. The van der Waals surface area contributed by atoms with Crippen LogP contribution in [0.5, 0.6) is 0 Å². The summed E-state index contributed by atoms with van der Waals surface area (Å²) < 4.78 is 24.2. The minimum atomic E-state index is -3.14. The fourth-order valence-corrected chi connectivity index (χ4v) is 1.91. The van der Waals surface area contributed by atoms with E-state index in [1.54, 1.807) is 0 Å². The lowest BCUT2D eigenvalue weighted by atomic mass is 10.1. The van der Waals surface area contributed by atoms with Crippen LogP contribution >= 0.6 is 12.4 Å². The Kier molecular flexibility index (Phi) is 7.92. The van der Waals surface area contributed by atoms with E-state index in [1.165, 1.54) is 7.05 Å². The number of nitrogens with one attached hydrogen (secondary N) is 1. The van der Waals surface area contributed by atoms with E-state index in [0.29, 0.717) is 5.92 Å². The maximum absolute atomic E-state index is 11.0. The molecule has 6 heteroatoms. The standard InChI is InChI=1S/C7H18N2O2S.ClH/c1-6(2)4-7(8)5-12(10,11)9-3;/h6-7,9H,4-5,8H2,1-3H3;1H/t7-;/m0./s1. The van der Waals surface area contributed by atoms with Gasteiger partial charge >= 0.3 is 0 Å². The first-order valence-corrected chi connectivity index (χ1v) is 5.69. The fraction of sp³-hybridized carbons (Fsp3) is 1.00. The van der Waals surface area contributed by atoms with Crippen LogP contribution in [-0.4, -0.2) is 27.3 Å². The van der Waals surface area contributed by atoms with E-state index in [-0.39, 0.29) is 24.2 Å². The van der Waals surface area contributed by atoms with Gasteiger partial charge in [0, 0.05) is 6.04 Å². The molecule has 0 fully saturated rings. The van der Waals surface area contributed by atoms with Gasteiger partial charge in [-0.05, 0) is 19.4 Å². The van der Waals surface area contributed by atoms with Gasteiger partial charge in [-0.15, -0.1) is 12.4 Å². The van der Waals surface area contributed by atoms with Gasteiger partial charge in [0.15, 0.2) is 0 Å². The average molecular weight is 231 g/mol. The third kappa shape index (κ3) is 8.49. The van der Waals surface area contributed by atoms with Crippen LogP contribution in [0.3, 0.4) is 0 Å². The molecule has 13 heavy (non-hydrogen) atoms. The van der Waals surface area contributed by atoms with Crippen molar-refractivity contribution in [1.82, 2.24) is 4.72 Å². The van der Waals surface area contributed by atoms with Crippen LogP contribution in [0.4, 0.5) is 0 Å². The molecule has 1 atom stereocenters. The third-order valence-electron chi connectivity index (χ3n) is 1.52. The van der Waals surface area contributed by atoms with Crippen LogP contribution in [0.25, 0.3) is 0 Å². The lowest BCUT2D eigenvalue weighted by Gasteiger charge is -2.13. The summed E-state index contributed by atoms with van der Waals surface area (Å²) in [6.45, 7) is 4.04. The molecule has 3 N–H and O–H groups in total. The Morgan fingerprint density at radius 3 is 2.15 bits per heavy atom. The molecule has 0 aromatic rings. The molecule has 0 unspecified atom stereocenters. The van der Waals surface area contributed by atoms with Crippen molar-refractivity contribution in [3.05, 3.63) is 0 Å². The molecule has 0 bridgehead atoms. The predicted molar refractivity (Wildman–Crippen MR) is 57.5 cm³/mol. The molecule has 0 saturated carbocycles. The third-order valence-corrected chi connectivity index (χ3v) is 3.01. The van der Waals surface area contributed by atoms with Crippen molar-refractivity contribution in [2.45, 2.75) is 26.3 Å². The van der Waals surface area contributed by atoms with E-state index in [1.807, 2.05) is 13.8 Å². The lowest BCUT2D eigenvalue weighted by molar-refractivity contribution is 0.511. The van der Waals surface area contributed by atoms with Crippen molar-refractivity contribution in [2.24, 2.45) is 11.7 Å². The zero-order valence-corrected chi connectivity index (χ0v) is 9.91. The monoisotopic (exact) mass is 230 g/mol. The second-order valence-corrected chi connectivity index (χ2v) is 5.35. The van der Waals surface area contributed by atoms with E-state index in [9.17, 15) is 8.42 Å². The molecular weight excluding hydrogens is 212 g/mol. The maximum Gasteiger partial charge on any atom is 0.212 e. The molecule has 0 aliphatic carbocycles. The summed E-state index contributed by atoms with van der Waals surface area (Å²) in [5.41, 5.74) is 5.62. The molecule has 0 aliphatic rings. The molecule has 0 aromatic heterocycles. The molecule has 0 amide bonds. The Morgan fingerprint density at radius 1 is 1.38 bits per heavy atom. The molecule has 0 saturated heterocycles. The maximum atomic E-state index is 11.0. The van der Waals surface area contributed by atoms with Gasteiger partial charge in [-0.25, -0.2) is 13.1 Å². The van der Waals surface area contributed by atoms with Gasteiger partial charge in [-0.3, -0.25) is 0 Å². The van der Waals surface area contributed by atoms with Crippen molar-refractivity contribution >= 4 is 22.4 Å². The Bertz CT molecular complexity index is 217. The Hall–Kier alpha value is 0.160. The topological polar surface area (TPSA) is 72.2 Å². The molecule has 0 heterocycles. The van der Waals surface area contributed by atoms with Gasteiger partial charge in [0.25, 0.3) is 0 Å². The number of hydrogen-bond acceptors (Lipinski definition) is 3. The first kappa shape index (κ1) is 15.6. The molecule has 0 rings (SSSR count). The average Bonchev–Trinajstić information content (AvgIpc) is 1.84. The summed E-state index contributed by atoms with van der Waals surface area (Å²) in [7, 11) is -1.74.